The predicted molar refractivity (Wildman–Crippen MR) is 138 cm³/mol. The zero-order valence-electron chi connectivity index (χ0n) is 19.6. The number of furan rings is 1. The minimum absolute atomic E-state index is 0.0782. The van der Waals surface area contributed by atoms with Gasteiger partial charge >= 0.3 is 0 Å². The molecule has 0 unspecified atom stereocenters. The van der Waals surface area contributed by atoms with Crippen molar-refractivity contribution in [2.45, 2.75) is 51.1 Å². The average Bonchev–Trinajstić information content (AvgIpc) is 3.56. The topological polar surface area (TPSA) is 91.7 Å². The van der Waals surface area contributed by atoms with E-state index >= 15 is 0 Å². The first-order valence-electron chi connectivity index (χ1n) is 11.8. The third-order valence-corrected chi connectivity index (χ3v) is 6.74. The number of carbonyl (C=O) groups is 3. The summed E-state index contributed by atoms with van der Waals surface area (Å²) in [5.41, 5.74) is 1.11. The first kappa shape index (κ1) is 24.5. The lowest BCUT2D eigenvalue weighted by molar-refractivity contribution is -0.126. The van der Waals surface area contributed by atoms with Crippen LogP contribution in [0.25, 0.3) is 6.08 Å². The summed E-state index contributed by atoms with van der Waals surface area (Å²) < 4.78 is 5.65. The molecule has 2 aromatic heterocycles. The average molecular weight is 492 g/mol. The molecule has 1 aliphatic rings. The Labute approximate surface area is 208 Å². The Morgan fingerprint density at radius 1 is 1.06 bits per heavy atom. The summed E-state index contributed by atoms with van der Waals surface area (Å²) in [6.45, 7) is 1.43. The monoisotopic (exact) mass is 491 g/mol. The fourth-order valence-corrected chi connectivity index (χ4v) is 4.90. The van der Waals surface area contributed by atoms with Crippen LogP contribution in [0.3, 0.4) is 0 Å². The van der Waals surface area contributed by atoms with E-state index in [9.17, 15) is 14.4 Å². The quantitative estimate of drug-likeness (QED) is 0.405. The van der Waals surface area contributed by atoms with Gasteiger partial charge < -0.3 is 15.1 Å². The fourth-order valence-electron chi connectivity index (χ4n) is 4.28. The Balaban J connectivity index is 1.69. The standard InChI is InChI=1S/C27H29N3O4S/c1-19(31)28-21-11-13-22(14-12-21)30(25(32)16-15-23-9-6-18-35-23)26(24-10-5-17-34-24)27(33)29-20-7-3-2-4-8-20/h5-6,9-18,20,26H,2-4,7-8H2,1H3,(H,28,31)(H,29,33)/b16-15+/t26-/m0/s1. The second kappa shape index (κ2) is 11.7. The highest BCUT2D eigenvalue weighted by Crippen LogP contribution is 2.31. The molecular weight excluding hydrogens is 462 g/mol. The highest BCUT2D eigenvalue weighted by atomic mass is 32.1. The van der Waals surface area contributed by atoms with Crippen LogP contribution in [0.15, 0.2) is 70.7 Å². The first-order chi connectivity index (χ1) is 17.0. The van der Waals surface area contributed by atoms with Gasteiger partial charge in [-0.15, -0.1) is 11.3 Å². The van der Waals surface area contributed by atoms with Crippen LogP contribution in [0.2, 0.25) is 0 Å². The first-order valence-corrected chi connectivity index (χ1v) is 12.7. The summed E-state index contributed by atoms with van der Waals surface area (Å²) in [6.07, 6.45) is 9.89. The van der Waals surface area contributed by atoms with Crippen molar-refractivity contribution in [3.63, 3.8) is 0 Å². The van der Waals surface area contributed by atoms with E-state index in [1.807, 2.05) is 17.5 Å². The highest BCUT2D eigenvalue weighted by Gasteiger charge is 2.35. The number of rotatable bonds is 8. The molecule has 182 valence electrons. The smallest absolute Gasteiger partial charge is 0.252 e. The zero-order chi connectivity index (χ0) is 24.6. The molecule has 7 nitrogen and oxygen atoms in total. The van der Waals surface area contributed by atoms with Gasteiger partial charge in [0.25, 0.3) is 11.8 Å². The van der Waals surface area contributed by atoms with E-state index in [1.165, 1.54) is 41.9 Å². The summed E-state index contributed by atoms with van der Waals surface area (Å²) in [5.74, 6) is -0.450. The Morgan fingerprint density at radius 2 is 1.83 bits per heavy atom. The van der Waals surface area contributed by atoms with Crippen LogP contribution in [0, 0.1) is 0 Å². The Morgan fingerprint density at radius 3 is 2.46 bits per heavy atom. The summed E-state index contributed by atoms with van der Waals surface area (Å²) in [6, 6.07) is 13.2. The lowest BCUT2D eigenvalue weighted by Gasteiger charge is -2.31. The van der Waals surface area contributed by atoms with Gasteiger partial charge in [-0.3, -0.25) is 19.3 Å². The van der Waals surface area contributed by atoms with Gasteiger partial charge in [0.1, 0.15) is 5.76 Å². The maximum atomic E-state index is 13.6. The van der Waals surface area contributed by atoms with Crippen molar-refractivity contribution in [2.24, 2.45) is 0 Å². The van der Waals surface area contributed by atoms with Crippen molar-refractivity contribution < 1.29 is 18.8 Å². The minimum atomic E-state index is -0.987. The molecule has 4 rings (SSSR count). The molecule has 0 spiro atoms. The molecule has 0 bridgehead atoms. The van der Waals surface area contributed by atoms with Crippen molar-refractivity contribution in [2.75, 3.05) is 10.2 Å². The van der Waals surface area contributed by atoms with Gasteiger partial charge in [-0.05, 0) is 66.8 Å². The maximum Gasteiger partial charge on any atom is 0.252 e. The predicted octanol–water partition coefficient (Wildman–Crippen LogP) is 5.54. The molecule has 3 amide bonds. The largest absolute Gasteiger partial charge is 0.467 e. The number of hydrogen-bond acceptors (Lipinski definition) is 5. The van der Waals surface area contributed by atoms with Gasteiger partial charge in [-0.2, -0.15) is 0 Å². The van der Waals surface area contributed by atoms with E-state index in [2.05, 4.69) is 10.6 Å². The molecule has 2 heterocycles. The van der Waals surface area contributed by atoms with E-state index in [4.69, 9.17) is 4.42 Å². The fraction of sp³-hybridized carbons (Fsp3) is 0.296. The van der Waals surface area contributed by atoms with Gasteiger partial charge in [0.05, 0.1) is 6.26 Å². The van der Waals surface area contributed by atoms with Crippen molar-refractivity contribution in [3.8, 4) is 0 Å². The Hall–Kier alpha value is -3.65. The molecule has 0 aliphatic heterocycles. The number of benzene rings is 1. The number of hydrogen-bond donors (Lipinski definition) is 2. The molecule has 8 heteroatoms. The third-order valence-electron chi connectivity index (χ3n) is 5.91. The lowest BCUT2D eigenvalue weighted by Crippen LogP contribution is -2.46. The number of anilines is 2. The van der Waals surface area contributed by atoms with Crippen molar-refractivity contribution in [1.82, 2.24) is 5.32 Å². The Kier molecular flexibility index (Phi) is 8.15. The normalized spacial score (nSPS) is 15.0. The minimum Gasteiger partial charge on any atom is -0.467 e. The number of nitrogens with zero attached hydrogens (tertiary/aromatic N) is 1. The molecule has 2 N–H and O–H groups in total. The van der Waals surface area contributed by atoms with E-state index in [1.54, 1.807) is 42.5 Å². The summed E-state index contributed by atoms with van der Waals surface area (Å²) in [4.78, 5) is 41.0. The van der Waals surface area contributed by atoms with Crippen LogP contribution < -0.4 is 15.5 Å². The molecule has 0 saturated heterocycles. The van der Waals surface area contributed by atoms with Crippen LogP contribution >= 0.6 is 11.3 Å². The van der Waals surface area contributed by atoms with Crippen LogP contribution in [0.5, 0.6) is 0 Å². The van der Waals surface area contributed by atoms with Crippen molar-refractivity contribution >= 4 is 46.5 Å². The maximum absolute atomic E-state index is 13.6. The van der Waals surface area contributed by atoms with E-state index < -0.39 is 6.04 Å². The molecule has 1 aromatic carbocycles. The van der Waals surface area contributed by atoms with Gasteiger partial charge in [-0.1, -0.05) is 25.3 Å². The lowest BCUT2D eigenvalue weighted by atomic mass is 9.95. The summed E-state index contributed by atoms with van der Waals surface area (Å²) in [7, 11) is 0. The van der Waals surface area contributed by atoms with Crippen molar-refractivity contribution in [3.05, 3.63) is 76.9 Å². The third kappa shape index (κ3) is 6.48. The van der Waals surface area contributed by atoms with Gasteiger partial charge in [-0.25, -0.2) is 0 Å². The number of carbonyl (C=O) groups excluding carboxylic acids is 3. The second-order valence-electron chi connectivity index (χ2n) is 8.55. The molecule has 3 aromatic rings. The van der Waals surface area contributed by atoms with Crippen molar-refractivity contribution in [1.29, 1.82) is 0 Å². The summed E-state index contributed by atoms with van der Waals surface area (Å²) in [5, 5.41) is 7.81. The van der Waals surface area contributed by atoms with E-state index in [0.717, 1.165) is 30.6 Å². The molecule has 0 radical (unpaired) electrons. The molecule has 1 aliphatic carbocycles. The second-order valence-corrected chi connectivity index (χ2v) is 9.53. The van der Waals surface area contributed by atoms with Gasteiger partial charge in [0.15, 0.2) is 6.04 Å². The molecule has 1 saturated carbocycles. The van der Waals surface area contributed by atoms with Crippen LogP contribution in [-0.4, -0.2) is 23.8 Å². The van der Waals surface area contributed by atoms with Crippen LogP contribution in [-0.2, 0) is 14.4 Å². The van der Waals surface area contributed by atoms with Crippen LogP contribution in [0.4, 0.5) is 11.4 Å². The van der Waals surface area contributed by atoms with E-state index in [-0.39, 0.29) is 23.8 Å². The van der Waals surface area contributed by atoms with Crippen LogP contribution in [0.1, 0.15) is 55.7 Å². The number of nitrogens with one attached hydrogen (secondary N) is 2. The van der Waals surface area contributed by atoms with Gasteiger partial charge in [0, 0.05) is 35.3 Å². The molecule has 1 atom stereocenters. The zero-order valence-corrected chi connectivity index (χ0v) is 20.4. The molecular formula is C27H29N3O4S. The van der Waals surface area contributed by atoms with E-state index in [0.29, 0.717) is 17.1 Å². The number of thiophene rings is 1. The Bertz CT molecular complexity index is 1150. The number of amides is 3. The SMILES string of the molecule is CC(=O)Nc1ccc(N(C(=O)/C=C/c2cccs2)[C@H](C(=O)NC2CCCCC2)c2ccco2)cc1. The molecule has 1 fully saturated rings. The highest BCUT2D eigenvalue weighted by molar-refractivity contribution is 7.10. The summed E-state index contributed by atoms with van der Waals surface area (Å²) >= 11 is 1.52. The molecule has 35 heavy (non-hydrogen) atoms. The van der Waals surface area contributed by atoms with Gasteiger partial charge in [0.2, 0.25) is 5.91 Å².